The monoisotopic (exact) mass is 368 g/mol. The van der Waals surface area contributed by atoms with Crippen LogP contribution in [0.5, 0.6) is 11.5 Å². The van der Waals surface area contributed by atoms with Crippen LogP contribution < -0.4 is 14.8 Å². The number of benzene rings is 1. The van der Waals surface area contributed by atoms with Gasteiger partial charge in [0.05, 0.1) is 12.7 Å². The van der Waals surface area contributed by atoms with Gasteiger partial charge in [0.25, 0.3) is 5.91 Å². The van der Waals surface area contributed by atoms with Crippen molar-refractivity contribution in [2.24, 2.45) is 11.8 Å². The van der Waals surface area contributed by atoms with E-state index in [1.54, 1.807) is 36.7 Å². The number of ether oxygens (including phenoxy) is 3. The largest absolute Gasteiger partial charge is 0.454 e. The second kappa shape index (κ2) is 6.70. The maximum Gasteiger partial charge on any atom is 0.254 e. The van der Waals surface area contributed by atoms with Crippen LogP contribution >= 0.6 is 0 Å². The first-order valence-electron chi connectivity index (χ1n) is 9.09. The Labute approximate surface area is 156 Å². The van der Waals surface area contributed by atoms with Crippen LogP contribution in [-0.4, -0.2) is 59.9 Å². The minimum atomic E-state index is 0.00408. The fourth-order valence-electron chi connectivity index (χ4n) is 4.00. The standard InChI is InChI=1S/C19H20N4O4/c24-18(12-2-3-15-16(6-12)27-11-26-15)23-8-14-13(10-25-17(14)9-23)7-22-19-20-4-1-5-21-19/h1-6,13-14,17H,7-11H2,(H,20,21,22)/t13-,14+,17+/m0/s1. The summed E-state index contributed by atoms with van der Waals surface area (Å²) in [6.07, 6.45) is 3.52. The Morgan fingerprint density at radius 3 is 2.93 bits per heavy atom. The van der Waals surface area contributed by atoms with Gasteiger partial charge in [-0.3, -0.25) is 4.79 Å². The van der Waals surface area contributed by atoms with E-state index in [2.05, 4.69) is 15.3 Å². The van der Waals surface area contributed by atoms with Gasteiger partial charge >= 0.3 is 0 Å². The summed E-state index contributed by atoms with van der Waals surface area (Å²) in [7, 11) is 0. The minimum Gasteiger partial charge on any atom is -0.454 e. The zero-order valence-electron chi connectivity index (χ0n) is 14.7. The number of nitrogens with zero attached hydrogens (tertiary/aromatic N) is 3. The highest BCUT2D eigenvalue weighted by molar-refractivity contribution is 5.95. The fraction of sp³-hybridized carbons (Fsp3) is 0.421. The van der Waals surface area contributed by atoms with E-state index in [4.69, 9.17) is 14.2 Å². The Morgan fingerprint density at radius 1 is 1.19 bits per heavy atom. The van der Waals surface area contributed by atoms with E-state index in [9.17, 15) is 4.79 Å². The van der Waals surface area contributed by atoms with Gasteiger partial charge in [-0.1, -0.05) is 0 Å². The van der Waals surface area contributed by atoms with Gasteiger partial charge < -0.3 is 24.4 Å². The molecule has 2 saturated heterocycles. The lowest BCUT2D eigenvalue weighted by Gasteiger charge is -2.20. The molecule has 8 heteroatoms. The summed E-state index contributed by atoms with van der Waals surface area (Å²) in [4.78, 5) is 23.1. The van der Waals surface area contributed by atoms with Crippen molar-refractivity contribution in [3.05, 3.63) is 42.2 Å². The molecule has 3 aliphatic rings. The molecule has 27 heavy (non-hydrogen) atoms. The molecule has 0 radical (unpaired) electrons. The van der Waals surface area contributed by atoms with E-state index in [-0.39, 0.29) is 18.8 Å². The summed E-state index contributed by atoms with van der Waals surface area (Å²) in [5.74, 6) is 2.58. The number of rotatable bonds is 4. The Balaban J connectivity index is 1.23. The molecule has 4 heterocycles. The Hall–Kier alpha value is -2.87. The Morgan fingerprint density at radius 2 is 2.04 bits per heavy atom. The highest BCUT2D eigenvalue weighted by Gasteiger charge is 2.45. The van der Waals surface area contributed by atoms with Crippen LogP contribution in [-0.2, 0) is 4.74 Å². The molecule has 2 fully saturated rings. The molecule has 3 aliphatic heterocycles. The van der Waals surface area contributed by atoms with Gasteiger partial charge in [-0.25, -0.2) is 9.97 Å². The van der Waals surface area contributed by atoms with Gasteiger partial charge in [0.15, 0.2) is 11.5 Å². The quantitative estimate of drug-likeness (QED) is 0.873. The first-order chi connectivity index (χ1) is 13.3. The molecule has 0 aliphatic carbocycles. The molecule has 1 N–H and O–H groups in total. The number of amides is 1. The van der Waals surface area contributed by atoms with Crippen molar-refractivity contribution in [2.45, 2.75) is 6.10 Å². The van der Waals surface area contributed by atoms with Gasteiger partial charge in [-0.05, 0) is 24.3 Å². The summed E-state index contributed by atoms with van der Waals surface area (Å²) in [5.41, 5.74) is 0.617. The predicted molar refractivity (Wildman–Crippen MR) is 95.7 cm³/mol. The molecule has 140 valence electrons. The van der Waals surface area contributed by atoms with Crippen LogP contribution in [0.25, 0.3) is 0 Å². The highest BCUT2D eigenvalue weighted by Crippen LogP contribution is 2.36. The number of hydrogen-bond donors (Lipinski definition) is 1. The molecule has 2 aromatic rings. The topological polar surface area (TPSA) is 85.8 Å². The second-order valence-electron chi connectivity index (χ2n) is 7.03. The normalized spacial score (nSPS) is 25.5. The van der Waals surface area contributed by atoms with Crippen molar-refractivity contribution in [3.8, 4) is 11.5 Å². The fourth-order valence-corrected chi connectivity index (χ4v) is 4.00. The number of likely N-dealkylation sites (tertiary alicyclic amines) is 1. The number of aromatic nitrogens is 2. The number of carbonyl (C=O) groups excluding carboxylic acids is 1. The van der Waals surface area contributed by atoms with E-state index < -0.39 is 0 Å². The molecule has 0 bridgehead atoms. The van der Waals surface area contributed by atoms with Crippen LogP contribution in [0.1, 0.15) is 10.4 Å². The van der Waals surface area contributed by atoms with E-state index in [0.717, 1.165) is 6.54 Å². The van der Waals surface area contributed by atoms with Gasteiger partial charge in [0.1, 0.15) is 0 Å². The zero-order chi connectivity index (χ0) is 18.2. The molecule has 0 spiro atoms. The van der Waals surface area contributed by atoms with Crippen molar-refractivity contribution in [1.29, 1.82) is 0 Å². The third-order valence-electron chi connectivity index (χ3n) is 5.43. The SMILES string of the molecule is O=C(c1ccc2c(c1)OCO2)N1C[C@@H]2[C@@H](CNc3ncccn3)CO[C@@H]2C1. The number of anilines is 1. The molecule has 5 rings (SSSR count). The Bertz CT molecular complexity index is 847. The summed E-state index contributed by atoms with van der Waals surface area (Å²) in [6.45, 7) is 2.95. The molecule has 1 aromatic heterocycles. The second-order valence-corrected chi connectivity index (χ2v) is 7.03. The van der Waals surface area contributed by atoms with Gasteiger partial charge in [-0.2, -0.15) is 0 Å². The zero-order valence-corrected chi connectivity index (χ0v) is 14.7. The van der Waals surface area contributed by atoms with Crippen LogP contribution in [0.15, 0.2) is 36.7 Å². The first kappa shape index (κ1) is 16.3. The van der Waals surface area contributed by atoms with Crippen LogP contribution in [0.2, 0.25) is 0 Å². The average Bonchev–Trinajstić information content (AvgIpc) is 3.42. The van der Waals surface area contributed by atoms with Crippen molar-refractivity contribution < 1.29 is 19.0 Å². The summed E-state index contributed by atoms with van der Waals surface area (Å²) in [5, 5.41) is 3.27. The average molecular weight is 368 g/mol. The lowest BCUT2D eigenvalue weighted by atomic mass is 9.93. The smallest absolute Gasteiger partial charge is 0.254 e. The molecule has 1 amide bonds. The van der Waals surface area contributed by atoms with Gasteiger partial charge in [0.2, 0.25) is 12.7 Å². The third-order valence-corrected chi connectivity index (χ3v) is 5.43. The number of carbonyl (C=O) groups is 1. The minimum absolute atomic E-state index is 0.00408. The maximum absolute atomic E-state index is 12.9. The van der Waals surface area contributed by atoms with Crippen molar-refractivity contribution in [2.75, 3.05) is 38.4 Å². The van der Waals surface area contributed by atoms with E-state index in [1.165, 1.54) is 0 Å². The van der Waals surface area contributed by atoms with Crippen LogP contribution in [0.3, 0.4) is 0 Å². The lowest BCUT2D eigenvalue weighted by molar-refractivity contribution is 0.0680. The number of hydrogen-bond acceptors (Lipinski definition) is 7. The molecule has 0 unspecified atom stereocenters. The predicted octanol–water partition coefficient (Wildman–Crippen LogP) is 1.40. The van der Waals surface area contributed by atoms with Crippen LogP contribution in [0, 0.1) is 11.8 Å². The van der Waals surface area contributed by atoms with E-state index in [1.807, 2.05) is 4.90 Å². The first-order valence-corrected chi connectivity index (χ1v) is 9.09. The maximum atomic E-state index is 12.9. The van der Waals surface area contributed by atoms with Gasteiger partial charge in [0, 0.05) is 49.4 Å². The van der Waals surface area contributed by atoms with Crippen molar-refractivity contribution >= 4 is 11.9 Å². The molecule has 3 atom stereocenters. The van der Waals surface area contributed by atoms with Crippen molar-refractivity contribution in [1.82, 2.24) is 14.9 Å². The number of nitrogens with one attached hydrogen (secondary N) is 1. The van der Waals surface area contributed by atoms with E-state index in [0.29, 0.717) is 54.5 Å². The van der Waals surface area contributed by atoms with E-state index >= 15 is 0 Å². The molecular formula is C19H20N4O4. The molecule has 8 nitrogen and oxygen atoms in total. The third kappa shape index (κ3) is 3.06. The number of fused-ring (bicyclic) bond motifs is 2. The molecule has 0 saturated carbocycles. The summed E-state index contributed by atoms with van der Waals surface area (Å²) < 4.78 is 16.6. The molecule has 1 aromatic carbocycles. The lowest BCUT2D eigenvalue weighted by Crippen LogP contribution is -2.32. The molecular weight excluding hydrogens is 348 g/mol. The summed E-state index contributed by atoms with van der Waals surface area (Å²) in [6, 6.07) is 7.12. The Kier molecular flexibility index (Phi) is 4.05. The van der Waals surface area contributed by atoms with Crippen molar-refractivity contribution in [3.63, 3.8) is 0 Å². The van der Waals surface area contributed by atoms with Crippen LogP contribution in [0.4, 0.5) is 5.95 Å². The highest BCUT2D eigenvalue weighted by atomic mass is 16.7. The van der Waals surface area contributed by atoms with Gasteiger partial charge in [-0.15, -0.1) is 0 Å². The summed E-state index contributed by atoms with van der Waals surface area (Å²) >= 11 is 0.